The summed E-state index contributed by atoms with van der Waals surface area (Å²) < 4.78 is 0. The number of hydrogen-bond acceptors (Lipinski definition) is 6. The molecular formula is C5H11N5S2. The summed E-state index contributed by atoms with van der Waals surface area (Å²) in [6.45, 7) is 0. The van der Waals surface area contributed by atoms with Gasteiger partial charge in [0.25, 0.3) is 0 Å². The van der Waals surface area contributed by atoms with Crippen LogP contribution in [0.1, 0.15) is 11.1 Å². The maximum absolute atomic E-state index is 4.28. The van der Waals surface area contributed by atoms with Crippen molar-refractivity contribution in [2.45, 2.75) is 5.25 Å². The molecule has 0 spiro atoms. The lowest BCUT2D eigenvalue weighted by molar-refractivity contribution is 0.585. The van der Waals surface area contributed by atoms with Crippen LogP contribution in [0.4, 0.5) is 0 Å². The van der Waals surface area contributed by atoms with Gasteiger partial charge in [-0.3, -0.25) is 5.01 Å². The van der Waals surface area contributed by atoms with E-state index in [-0.39, 0.29) is 5.25 Å². The van der Waals surface area contributed by atoms with Gasteiger partial charge in [-0.1, -0.05) is 0 Å². The maximum atomic E-state index is 4.28. The topological polar surface area (TPSA) is 46.8 Å². The van der Waals surface area contributed by atoms with Crippen LogP contribution in [-0.4, -0.2) is 40.2 Å². The molecule has 1 rings (SSSR count). The lowest BCUT2D eigenvalue weighted by atomic mass is 10.4. The van der Waals surface area contributed by atoms with E-state index >= 15 is 0 Å². The lowest BCUT2D eigenvalue weighted by Crippen LogP contribution is -2.29. The first-order chi connectivity index (χ1) is 5.66. The van der Waals surface area contributed by atoms with Gasteiger partial charge in [-0.15, -0.1) is 9.89 Å². The third kappa shape index (κ3) is 1.84. The molecule has 0 fully saturated rings. The second-order valence-corrected chi connectivity index (χ2v) is 3.46. The molecule has 0 N–H and O–H groups in total. The van der Waals surface area contributed by atoms with Crippen molar-refractivity contribution >= 4 is 25.3 Å². The molecule has 0 radical (unpaired) electrons. The maximum Gasteiger partial charge on any atom is 0.188 e. The van der Waals surface area contributed by atoms with Gasteiger partial charge in [-0.05, 0) is 10.4 Å². The Balaban J connectivity index is 2.91. The highest BCUT2D eigenvalue weighted by Gasteiger charge is 2.14. The third-order valence-corrected chi connectivity index (χ3v) is 2.39. The summed E-state index contributed by atoms with van der Waals surface area (Å²) in [5.41, 5.74) is 0. The van der Waals surface area contributed by atoms with Gasteiger partial charge >= 0.3 is 0 Å². The molecule has 0 aliphatic rings. The van der Waals surface area contributed by atoms with Crippen molar-refractivity contribution in [1.29, 1.82) is 0 Å². The summed E-state index contributed by atoms with van der Waals surface area (Å²) >= 11 is 8.40. The van der Waals surface area contributed by atoms with Crippen molar-refractivity contribution in [2.75, 3.05) is 24.9 Å². The molecule has 1 heterocycles. The minimum atomic E-state index is -0.0364. The minimum Gasteiger partial charge on any atom is -0.300 e. The zero-order valence-electron chi connectivity index (χ0n) is 6.91. The quantitative estimate of drug-likeness (QED) is 0.669. The van der Waals surface area contributed by atoms with Gasteiger partial charge in [0.05, 0.1) is 5.25 Å². The molecular weight excluding hydrogens is 194 g/mol. The number of aromatic nitrogens is 4. The van der Waals surface area contributed by atoms with Gasteiger partial charge in [-0.25, -0.2) is 0 Å². The largest absolute Gasteiger partial charge is 0.300 e. The van der Waals surface area contributed by atoms with E-state index in [1.807, 2.05) is 14.1 Å². The van der Waals surface area contributed by atoms with E-state index < -0.39 is 0 Å². The van der Waals surface area contributed by atoms with Gasteiger partial charge in [0.1, 0.15) is 0 Å². The average molecular weight is 205 g/mol. The van der Waals surface area contributed by atoms with Crippen molar-refractivity contribution in [1.82, 2.24) is 20.3 Å². The summed E-state index contributed by atoms with van der Waals surface area (Å²) in [5, 5.41) is 12.9. The Kier molecular flexibility index (Phi) is 3.21. The van der Waals surface area contributed by atoms with Crippen LogP contribution in [-0.2, 0) is 0 Å². The van der Waals surface area contributed by atoms with Crippen molar-refractivity contribution < 1.29 is 0 Å². The van der Waals surface area contributed by atoms with E-state index in [1.54, 1.807) is 9.80 Å². The van der Waals surface area contributed by atoms with Crippen molar-refractivity contribution in [3.05, 3.63) is 5.82 Å². The van der Waals surface area contributed by atoms with Crippen LogP contribution in [0, 0.1) is 0 Å². The monoisotopic (exact) mass is 205 g/mol. The summed E-state index contributed by atoms with van der Waals surface area (Å²) in [6, 6.07) is 0. The second-order valence-electron chi connectivity index (χ2n) is 2.47. The first-order valence-corrected chi connectivity index (χ1v) is 4.56. The van der Waals surface area contributed by atoms with Crippen molar-refractivity contribution in [2.24, 2.45) is 0 Å². The van der Waals surface area contributed by atoms with Gasteiger partial charge < -0.3 is 0 Å². The molecule has 0 bridgehead atoms. The zero-order chi connectivity index (χ0) is 9.14. The lowest BCUT2D eigenvalue weighted by Gasteiger charge is -2.14. The normalized spacial score (nSPS) is 13.0. The van der Waals surface area contributed by atoms with Gasteiger partial charge in [0, 0.05) is 19.8 Å². The first-order valence-electron chi connectivity index (χ1n) is 3.41. The molecule has 0 saturated carbocycles. The molecule has 0 aliphatic carbocycles. The molecule has 0 amide bonds. The molecule has 7 heteroatoms. The van der Waals surface area contributed by atoms with Crippen LogP contribution in [0.2, 0.25) is 0 Å². The van der Waals surface area contributed by atoms with Crippen LogP contribution >= 0.6 is 25.3 Å². The van der Waals surface area contributed by atoms with E-state index in [4.69, 9.17) is 0 Å². The molecule has 0 saturated heterocycles. The highest BCUT2D eigenvalue weighted by molar-refractivity contribution is 7.84. The highest BCUT2D eigenvalue weighted by Crippen LogP contribution is 2.16. The molecule has 5 nitrogen and oxygen atoms in total. The van der Waals surface area contributed by atoms with Crippen LogP contribution in [0.5, 0.6) is 0 Å². The van der Waals surface area contributed by atoms with E-state index in [1.165, 1.54) is 0 Å². The predicted octanol–water partition coefficient (Wildman–Crippen LogP) is -0.229. The second kappa shape index (κ2) is 3.99. The average Bonchev–Trinajstić information content (AvgIpc) is 2.50. The van der Waals surface area contributed by atoms with Crippen molar-refractivity contribution in [3.63, 3.8) is 0 Å². The SMILES string of the molecule is CN(C)n1nnnc1C(S)CS. The van der Waals surface area contributed by atoms with E-state index in [2.05, 4.69) is 40.8 Å². The van der Waals surface area contributed by atoms with E-state index in [0.717, 1.165) is 0 Å². The zero-order valence-corrected chi connectivity index (χ0v) is 8.70. The van der Waals surface area contributed by atoms with Gasteiger partial charge in [0.15, 0.2) is 5.82 Å². The van der Waals surface area contributed by atoms with Gasteiger partial charge in [0.2, 0.25) is 0 Å². The Morgan fingerprint density at radius 1 is 1.58 bits per heavy atom. The molecule has 1 unspecified atom stereocenters. The number of thiol groups is 2. The molecule has 68 valence electrons. The van der Waals surface area contributed by atoms with E-state index in [0.29, 0.717) is 11.6 Å². The molecule has 1 aromatic heterocycles. The fourth-order valence-electron chi connectivity index (χ4n) is 0.756. The number of rotatable bonds is 3. The van der Waals surface area contributed by atoms with Crippen LogP contribution in [0.3, 0.4) is 0 Å². The standard InChI is InChI=1S/C5H11N5S2/c1-9(2)10-5(4(12)3-11)6-7-8-10/h4,11-12H,3H2,1-2H3. The van der Waals surface area contributed by atoms with Crippen LogP contribution < -0.4 is 5.01 Å². The highest BCUT2D eigenvalue weighted by atomic mass is 32.1. The van der Waals surface area contributed by atoms with E-state index in [9.17, 15) is 0 Å². The molecule has 12 heavy (non-hydrogen) atoms. The third-order valence-electron chi connectivity index (χ3n) is 1.33. The summed E-state index contributed by atoms with van der Waals surface area (Å²) in [6.07, 6.45) is 0. The molecule has 0 aromatic carbocycles. The Morgan fingerprint density at radius 3 is 2.75 bits per heavy atom. The molecule has 0 aliphatic heterocycles. The van der Waals surface area contributed by atoms with Crippen molar-refractivity contribution in [3.8, 4) is 0 Å². The first kappa shape index (κ1) is 9.66. The predicted molar refractivity (Wildman–Crippen MR) is 53.5 cm³/mol. The Labute approximate surface area is 81.9 Å². The number of tetrazole rings is 1. The van der Waals surface area contributed by atoms with Crippen LogP contribution in [0.15, 0.2) is 0 Å². The number of nitrogens with zero attached hydrogens (tertiary/aromatic N) is 5. The fourth-order valence-corrected chi connectivity index (χ4v) is 1.07. The number of hydrogen-bond donors (Lipinski definition) is 2. The fraction of sp³-hybridized carbons (Fsp3) is 0.800. The Morgan fingerprint density at radius 2 is 2.25 bits per heavy atom. The van der Waals surface area contributed by atoms with Crippen LogP contribution in [0.25, 0.3) is 0 Å². The van der Waals surface area contributed by atoms with Gasteiger partial charge in [-0.2, -0.15) is 25.3 Å². The Bertz CT molecular complexity index is 248. The summed E-state index contributed by atoms with van der Waals surface area (Å²) in [7, 11) is 3.72. The summed E-state index contributed by atoms with van der Waals surface area (Å²) in [5.74, 6) is 1.32. The smallest absolute Gasteiger partial charge is 0.188 e. The molecule has 1 atom stereocenters. The summed E-state index contributed by atoms with van der Waals surface area (Å²) in [4.78, 5) is 1.59. The Hall–Kier alpha value is -0.430. The molecule has 1 aromatic rings. The minimum absolute atomic E-state index is 0.0364.